The van der Waals surface area contributed by atoms with Crippen molar-refractivity contribution in [2.24, 2.45) is 5.73 Å². The van der Waals surface area contributed by atoms with Gasteiger partial charge >= 0.3 is 6.18 Å². The zero-order chi connectivity index (χ0) is 11.6. The number of rotatable bonds is 3. The number of aromatic nitrogens is 2. The molecule has 1 aromatic rings. The Kier molecular flexibility index (Phi) is 3.38. The molecule has 86 valence electrons. The van der Waals surface area contributed by atoms with Gasteiger partial charge in [-0.15, -0.1) is 0 Å². The molecule has 0 radical (unpaired) electrons. The molecule has 15 heavy (non-hydrogen) atoms. The van der Waals surface area contributed by atoms with Gasteiger partial charge in [-0.1, -0.05) is 0 Å². The van der Waals surface area contributed by atoms with Crippen molar-refractivity contribution in [3.63, 3.8) is 0 Å². The maximum absolute atomic E-state index is 12.1. The van der Waals surface area contributed by atoms with Gasteiger partial charge in [0.2, 0.25) is 0 Å². The first-order chi connectivity index (χ1) is 6.81. The number of hydrogen-bond donors (Lipinski definition) is 1. The maximum Gasteiger partial charge on any atom is 0.390 e. The Morgan fingerprint density at radius 3 is 2.53 bits per heavy atom. The fraction of sp³-hybridized carbons (Fsp3) is 0.667. The van der Waals surface area contributed by atoms with Crippen molar-refractivity contribution in [1.29, 1.82) is 0 Å². The summed E-state index contributed by atoms with van der Waals surface area (Å²) in [5.41, 5.74) is 5.90. The van der Waals surface area contributed by atoms with Gasteiger partial charge in [0.1, 0.15) is 0 Å². The molecule has 2 N–H and O–H groups in total. The molecule has 1 aromatic heterocycles. The van der Waals surface area contributed by atoms with Crippen LogP contribution in [-0.2, 0) is 0 Å². The summed E-state index contributed by atoms with van der Waals surface area (Å²) in [4.78, 5) is 3.81. The normalized spacial score (nSPS) is 14.6. The third-order valence-corrected chi connectivity index (χ3v) is 2.08. The highest BCUT2D eigenvalue weighted by Gasteiger charge is 2.32. The summed E-state index contributed by atoms with van der Waals surface area (Å²) < 4.78 is 38.0. The Morgan fingerprint density at radius 1 is 1.47 bits per heavy atom. The number of hydrogen-bond acceptors (Lipinski definition) is 2. The van der Waals surface area contributed by atoms with Crippen molar-refractivity contribution in [3.8, 4) is 0 Å². The fourth-order valence-corrected chi connectivity index (χ4v) is 1.39. The largest absolute Gasteiger partial charge is 0.390 e. The molecule has 1 rings (SSSR count). The lowest BCUT2D eigenvalue weighted by Crippen LogP contribution is -2.23. The molecule has 0 saturated heterocycles. The van der Waals surface area contributed by atoms with Crippen molar-refractivity contribution >= 4 is 0 Å². The minimum Gasteiger partial charge on any atom is -0.331 e. The summed E-state index contributed by atoms with van der Waals surface area (Å²) in [6.45, 7) is 3.73. The van der Waals surface area contributed by atoms with E-state index in [9.17, 15) is 13.2 Å². The average molecular weight is 221 g/mol. The van der Waals surface area contributed by atoms with Crippen molar-refractivity contribution in [2.75, 3.05) is 0 Å². The predicted octanol–water partition coefficient (Wildman–Crippen LogP) is 2.42. The molecule has 0 fully saturated rings. The van der Waals surface area contributed by atoms with Crippen molar-refractivity contribution in [2.45, 2.75) is 38.5 Å². The highest BCUT2D eigenvalue weighted by atomic mass is 19.4. The van der Waals surface area contributed by atoms with E-state index in [1.54, 1.807) is 4.57 Å². The van der Waals surface area contributed by atoms with E-state index in [1.165, 1.54) is 12.5 Å². The zero-order valence-electron chi connectivity index (χ0n) is 8.62. The summed E-state index contributed by atoms with van der Waals surface area (Å²) in [7, 11) is 0. The third kappa shape index (κ3) is 3.23. The lowest BCUT2D eigenvalue weighted by atomic mass is 10.1. The Labute approximate surface area is 86.1 Å². The lowest BCUT2D eigenvalue weighted by Gasteiger charge is -2.18. The summed E-state index contributed by atoms with van der Waals surface area (Å²) in [6.07, 6.45) is -2.39. The Hall–Kier alpha value is -1.04. The summed E-state index contributed by atoms with van der Waals surface area (Å²) in [6, 6.07) is -0.989. The van der Waals surface area contributed by atoms with E-state index in [-0.39, 0.29) is 6.04 Å². The van der Waals surface area contributed by atoms with Gasteiger partial charge in [-0.05, 0) is 13.8 Å². The molecule has 0 aliphatic carbocycles. The first kappa shape index (κ1) is 12.0. The van der Waals surface area contributed by atoms with Crippen LogP contribution in [0.5, 0.6) is 0 Å². The topological polar surface area (TPSA) is 43.8 Å². The Morgan fingerprint density at radius 2 is 2.07 bits per heavy atom. The van der Waals surface area contributed by atoms with Crippen LogP contribution in [0.1, 0.15) is 38.0 Å². The minimum absolute atomic E-state index is 0.0572. The van der Waals surface area contributed by atoms with Crippen LogP contribution in [0.2, 0.25) is 0 Å². The van der Waals surface area contributed by atoms with Crippen LogP contribution in [0.3, 0.4) is 0 Å². The second kappa shape index (κ2) is 4.22. The Bertz CT molecular complexity index is 317. The van der Waals surface area contributed by atoms with E-state index >= 15 is 0 Å². The van der Waals surface area contributed by atoms with Gasteiger partial charge in [-0.3, -0.25) is 0 Å². The van der Waals surface area contributed by atoms with Crippen LogP contribution >= 0.6 is 0 Å². The molecule has 1 atom stereocenters. The summed E-state index contributed by atoms with van der Waals surface area (Å²) in [5.74, 6) is 0. The number of nitrogens with two attached hydrogens (primary N) is 1. The van der Waals surface area contributed by atoms with Gasteiger partial charge in [-0.25, -0.2) is 4.98 Å². The average Bonchev–Trinajstić information content (AvgIpc) is 2.47. The fourth-order valence-electron chi connectivity index (χ4n) is 1.39. The molecule has 1 heterocycles. The second-order valence-corrected chi connectivity index (χ2v) is 3.75. The summed E-state index contributed by atoms with van der Waals surface area (Å²) >= 11 is 0. The van der Waals surface area contributed by atoms with E-state index in [4.69, 9.17) is 5.73 Å². The monoisotopic (exact) mass is 221 g/mol. The molecule has 0 spiro atoms. The van der Waals surface area contributed by atoms with Crippen LogP contribution in [0.15, 0.2) is 12.5 Å². The van der Waals surface area contributed by atoms with Crippen molar-refractivity contribution in [1.82, 2.24) is 9.55 Å². The van der Waals surface area contributed by atoms with Gasteiger partial charge in [-0.2, -0.15) is 13.2 Å². The minimum atomic E-state index is -4.24. The highest BCUT2D eigenvalue weighted by molar-refractivity contribution is 5.06. The molecule has 0 unspecified atom stereocenters. The first-order valence-electron chi connectivity index (χ1n) is 4.65. The van der Waals surface area contributed by atoms with E-state index in [0.29, 0.717) is 5.69 Å². The molecule has 0 bridgehead atoms. The van der Waals surface area contributed by atoms with Crippen LogP contribution in [0, 0.1) is 0 Å². The second-order valence-electron chi connectivity index (χ2n) is 3.75. The van der Waals surface area contributed by atoms with Gasteiger partial charge in [0, 0.05) is 12.2 Å². The van der Waals surface area contributed by atoms with Crippen LogP contribution in [0.4, 0.5) is 13.2 Å². The molecule has 6 heteroatoms. The zero-order valence-corrected chi connectivity index (χ0v) is 8.62. The van der Waals surface area contributed by atoms with Gasteiger partial charge in [0.25, 0.3) is 0 Å². The standard InChI is InChI=1S/C9H14F3N3/c1-6(2)15-5-14-4-8(15)7(13)3-9(10,11)12/h4-7H,3,13H2,1-2H3/t7-/m1/s1. The lowest BCUT2D eigenvalue weighted by molar-refractivity contribution is -0.138. The van der Waals surface area contributed by atoms with Crippen LogP contribution in [-0.4, -0.2) is 15.7 Å². The first-order valence-corrected chi connectivity index (χ1v) is 4.65. The maximum atomic E-state index is 12.1. The summed E-state index contributed by atoms with van der Waals surface area (Å²) in [5, 5.41) is 0. The molecule has 3 nitrogen and oxygen atoms in total. The smallest absolute Gasteiger partial charge is 0.331 e. The predicted molar refractivity (Wildman–Crippen MR) is 50.2 cm³/mol. The Balaban J connectivity index is 2.82. The molecule has 0 aliphatic rings. The number of halogens is 3. The highest BCUT2D eigenvalue weighted by Crippen LogP contribution is 2.28. The molecule has 0 aliphatic heterocycles. The third-order valence-electron chi connectivity index (χ3n) is 2.08. The van der Waals surface area contributed by atoms with Gasteiger partial charge in [0.05, 0.1) is 24.5 Å². The van der Waals surface area contributed by atoms with Crippen LogP contribution < -0.4 is 5.73 Å². The van der Waals surface area contributed by atoms with Crippen LogP contribution in [0.25, 0.3) is 0 Å². The van der Waals surface area contributed by atoms with E-state index in [0.717, 1.165) is 0 Å². The molecule has 0 saturated carbocycles. The molecule has 0 aromatic carbocycles. The SMILES string of the molecule is CC(C)n1cncc1[C@H](N)CC(F)(F)F. The number of alkyl halides is 3. The molecule has 0 amide bonds. The quantitative estimate of drug-likeness (QED) is 0.851. The van der Waals surface area contributed by atoms with Crippen molar-refractivity contribution in [3.05, 3.63) is 18.2 Å². The van der Waals surface area contributed by atoms with Gasteiger partial charge < -0.3 is 10.3 Å². The van der Waals surface area contributed by atoms with E-state index < -0.39 is 18.6 Å². The number of imidazole rings is 1. The van der Waals surface area contributed by atoms with Crippen molar-refractivity contribution < 1.29 is 13.2 Å². The van der Waals surface area contributed by atoms with E-state index in [1.807, 2.05) is 13.8 Å². The number of nitrogens with zero attached hydrogens (tertiary/aromatic N) is 2. The molecular formula is C9H14F3N3. The molecular weight excluding hydrogens is 207 g/mol. The van der Waals surface area contributed by atoms with Gasteiger partial charge in [0.15, 0.2) is 0 Å². The van der Waals surface area contributed by atoms with E-state index in [2.05, 4.69) is 4.98 Å².